The Morgan fingerprint density at radius 3 is 2.46 bits per heavy atom. The van der Waals surface area contributed by atoms with Crippen LogP contribution in [-0.4, -0.2) is 48.1 Å². The third-order valence-corrected chi connectivity index (χ3v) is 4.58. The van der Waals surface area contributed by atoms with Crippen molar-refractivity contribution in [2.24, 2.45) is 0 Å². The van der Waals surface area contributed by atoms with Gasteiger partial charge < -0.3 is 19.7 Å². The summed E-state index contributed by atoms with van der Waals surface area (Å²) in [7, 11) is 0. The zero-order chi connectivity index (χ0) is 20.4. The van der Waals surface area contributed by atoms with Gasteiger partial charge in [-0.05, 0) is 30.2 Å². The summed E-state index contributed by atoms with van der Waals surface area (Å²) >= 11 is 14.7. The summed E-state index contributed by atoms with van der Waals surface area (Å²) in [5.41, 5.74) is 2.08. The van der Waals surface area contributed by atoms with Crippen LogP contribution >= 0.6 is 23.2 Å². The van der Waals surface area contributed by atoms with Gasteiger partial charge in [0.05, 0.1) is 35.3 Å². The Balaban J connectivity index is 1.87. The van der Waals surface area contributed by atoms with E-state index >= 15 is 0 Å². The van der Waals surface area contributed by atoms with Crippen LogP contribution in [0.5, 0.6) is 0 Å². The highest BCUT2D eigenvalue weighted by molar-refractivity contribution is 6.39. The van der Waals surface area contributed by atoms with E-state index in [2.05, 4.69) is 31.4 Å². The topological polar surface area (TPSA) is 79.5 Å². The number of ether oxygens (including phenoxy) is 1. The number of rotatable bonds is 10. The lowest BCUT2D eigenvalue weighted by molar-refractivity contribution is -0.142. The van der Waals surface area contributed by atoms with Crippen molar-refractivity contribution in [3.05, 3.63) is 58.1 Å². The molecule has 1 amide bonds. The molecule has 0 atom stereocenters. The van der Waals surface area contributed by atoms with Gasteiger partial charge in [-0.3, -0.25) is 9.59 Å². The van der Waals surface area contributed by atoms with Crippen LogP contribution in [0, 0.1) is 0 Å². The van der Waals surface area contributed by atoms with Gasteiger partial charge in [-0.1, -0.05) is 47.5 Å². The highest BCUT2D eigenvalue weighted by atomic mass is 35.5. The van der Waals surface area contributed by atoms with Crippen molar-refractivity contribution in [3.8, 4) is 0 Å². The van der Waals surface area contributed by atoms with Gasteiger partial charge in [0.15, 0.2) is 0 Å². The maximum atomic E-state index is 12.1. The highest BCUT2D eigenvalue weighted by Crippen LogP contribution is 2.33. The number of esters is 1. The average Bonchev–Trinajstić information content (AvgIpc) is 2.66. The average molecular weight is 436 g/mol. The van der Waals surface area contributed by atoms with Gasteiger partial charge in [0.25, 0.3) is 16.5 Å². The molecule has 0 saturated carbocycles. The molecule has 0 aromatic heterocycles. The Morgan fingerprint density at radius 2 is 1.75 bits per heavy atom. The molecule has 146 valence electrons. The summed E-state index contributed by atoms with van der Waals surface area (Å²) in [4.78, 5) is 23.4. The molecule has 2 radical (unpaired) electrons. The van der Waals surface area contributed by atoms with Gasteiger partial charge in [-0.15, -0.1) is 0 Å². The summed E-state index contributed by atoms with van der Waals surface area (Å²) < 4.78 is 7.93. The Hall–Kier alpha value is -1.75. The maximum absolute atomic E-state index is 12.1. The molecule has 0 unspecified atom stereocenters. The van der Waals surface area contributed by atoms with Crippen LogP contribution < -0.4 is 14.9 Å². The molecule has 2 aromatic rings. The zero-order valence-electron chi connectivity index (χ0n) is 15.1. The second kappa shape index (κ2) is 12.0. The fourth-order valence-corrected chi connectivity index (χ4v) is 3.07. The Kier molecular flexibility index (Phi) is 9.62. The van der Waals surface area contributed by atoms with Crippen LogP contribution in [0.15, 0.2) is 42.5 Å². The first-order valence-electron chi connectivity index (χ1n) is 8.66. The van der Waals surface area contributed by atoms with Crippen LogP contribution in [0.25, 0.3) is 0 Å². The number of hydrogen-bond acceptors (Lipinski definition) is 5. The van der Waals surface area contributed by atoms with Gasteiger partial charge in [0.1, 0.15) is 0 Å². The molecule has 2 aromatic carbocycles. The van der Waals surface area contributed by atoms with Crippen molar-refractivity contribution in [1.82, 2.24) is 9.62 Å². The lowest BCUT2D eigenvalue weighted by Crippen LogP contribution is -2.33. The number of anilines is 2. The molecule has 9 heteroatoms. The zero-order valence-corrected chi connectivity index (χ0v) is 17.8. The number of benzene rings is 2. The highest BCUT2D eigenvalue weighted by Gasteiger charge is 2.12. The summed E-state index contributed by atoms with van der Waals surface area (Å²) in [6.45, 7) is 0.907. The van der Waals surface area contributed by atoms with Gasteiger partial charge in [-0.25, -0.2) is 0 Å². The molecule has 3 N–H and O–H groups in total. The van der Waals surface area contributed by atoms with Crippen molar-refractivity contribution in [1.29, 1.82) is 0 Å². The van der Waals surface area contributed by atoms with E-state index in [1.165, 1.54) is 0 Å². The predicted octanol–water partition coefficient (Wildman–Crippen LogP) is 3.00. The Labute approximate surface area is 182 Å². The number of amides is 1. The molecule has 0 spiro atoms. The second-order valence-corrected chi connectivity index (χ2v) is 7.08. The lowest BCUT2D eigenvalue weighted by Gasteiger charge is -2.14. The minimum Gasteiger partial charge on any atom is -0.465 e. The second-order valence-electron chi connectivity index (χ2n) is 5.86. The van der Waals surface area contributed by atoms with E-state index in [1.54, 1.807) is 18.2 Å². The van der Waals surface area contributed by atoms with Crippen LogP contribution in [0.3, 0.4) is 0 Å². The molecule has 0 bridgehead atoms. The monoisotopic (exact) mass is 435 g/mol. The molecule has 0 aliphatic rings. The molecule has 0 saturated heterocycles. The molecule has 0 heterocycles. The summed E-state index contributed by atoms with van der Waals surface area (Å²) in [6, 6.07) is 12.6. The van der Waals surface area contributed by atoms with E-state index < -0.39 is 0 Å². The first-order chi connectivity index (χ1) is 13.5. The molecule has 0 aliphatic carbocycles. The minimum absolute atomic E-state index is 0.106. The largest absolute Gasteiger partial charge is 0.465 e. The van der Waals surface area contributed by atoms with Gasteiger partial charge in [0.2, 0.25) is 5.91 Å². The van der Waals surface area contributed by atoms with Gasteiger partial charge in [-0.2, -0.15) is 0 Å². The van der Waals surface area contributed by atoms with E-state index in [9.17, 15) is 9.59 Å². The van der Waals surface area contributed by atoms with E-state index in [0.717, 1.165) is 11.3 Å². The van der Waals surface area contributed by atoms with Crippen molar-refractivity contribution in [2.45, 2.75) is 12.8 Å². The summed E-state index contributed by atoms with van der Waals surface area (Å²) in [5.74, 6) is -0.461. The van der Waals surface area contributed by atoms with E-state index in [4.69, 9.17) is 27.9 Å². The molecule has 28 heavy (non-hydrogen) atoms. The third-order valence-electron chi connectivity index (χ3n) is 3.74. The van der Waals surface area contributed by atoms with Crippen molar-refractivity contribution < 1.29 is 14.3 Å². The fourth-order valence-electron chi connectivity index (χ4n) is 2.40. The van der Waals surface area contributed by atoms with Crippen LogP contribution in [0.1, 0.15) is 12.0 Å². The van der Waals surface area contributed by atoms with Crippen molar-refractivity contribution in [2.75, 3.05) is 25.0 Å². The maximum Gasteiger partial charge on any atom is 0.310 e. The molecule has 6 nitrogen and oxygen atoms in total. The molecular weight excluding hydrogens is 416 g/mol. The smallest absolute Gasteiger partial charge is 0.310 e. The number of halogens is 2. The first kappa shape index (κ1) is 22.5. The number of hydrogen-bond donors (Lipinski definition) is 3. The third kappa shape index (κ3) is 7.34. The SMILES string of the molecule is O=C(C[NH][Al])NCCCOC(=O)Cc1ccccc1Nc1c(Cl)cccc1Cl. The molecular formula is C19H20AlCl2N3O3. The number of carbonyl (C=O) groups excluding carboxylic acids is 2. The first-order valence-corrected chi connectivity index (χ1v) is 9.99. The van der Waals surface area contributed by atoms with Crippen LogP contribution in [0.2, 0.25) is 10.0 Å². The Bertz CT molecular complexity index is 801. The van der Waals surface area contributed by atoms with Gasteiger partial charge >= 0.3 is 5.97 Å². The molecule has 0 fully saturated rings. The lowest BCUT2D eigenvalue weighted by atomic mass is 10.1. The summed E-state index contributed by atoms with van der Waals surface area (Å²) in [6.07, 6.45) is 0.651. The fraction of sp³-hybridized carbons (Fsp3) is 0.263. The normalized spacial score (nSPS) is 10.4. The standard InChI is InChI=1S/C19H20Cl2N3O3.Al/c20-14-6-3-7-15(21)19(14)24-16-8-2-1-5-13(16)11-18(26)27-10-4-9-23-17(25)12-22;/h1-3,5-8,22,24H,4,9-12H2,(H,23,25);/q-1;+1. The quantitative estimate of drug-likeness (QED) is 0.303. The number of carbonyl (C=O) groups is 2. The molecule has 0 aliphatic heterocycles. The van der Waals surface area contributed by atoms with Crippen LogP contribution in [0.4, 0.5) is 11.4 Å². The van der Waals surface area contributed by atoms with Crippen molar-refractivity contribution >= 4 is 63.0 Å². The Morgan fingerprint density at radius 1 is 1.04 bits per heavy atom. The van der Waals surface area contributed by atoms with Gasteiger partial charge in [0, 0.05) is 12.2 Å². The van der Waals surface area contributed by atoms with E-state index in [0.29, 0.717) is 28.7 Å². The number of para-hydroxylation sites is 2. The minimum atomic E-state index is -0.350. The molecule has 2 rings (SSSR count). The van der Waals surface area contributed by atoms with E-state index in [1.807, 2.05) is 24.3 Å². The van der Waals surface area contributed by atoms with Crippen molar-refractivity contribution in [3.63, 3.8) is 0 Å². The summed E-state index contributed by atoms with van der Waals surface area (Å²) in [5, 5.41) is 6.88. The number of nitrogens with one attached hydrogen (secondary N) is 3. The van der Waals surface area contributed by atoms with E-state index in [-0.39, 0.29) is 31.4 Å². The predicted molar refractivity (Wildman–Crippen MR) is 112 cm³/mol. The van der Waals surface area contributed by atoms with Crippen LogP contribution in [-0.2, 0) is 20.7 Å².